The summed E-state index contributed by atoms with van der Waals surface area (Å²) in [7, 11) is -2.16. The lowest BCUT2D eigenvalue weighted by Crippen LogP contribution is -2.37. The lowest BCUT2D eigenvalue weighted by Gasteiger charge is -2.10. The number of rotatable bonds is 8. The molecule has 0 saturated carbocycles. The summed E-state index contributed by atoms with van der Waals surface area (Å²) < 4.78 is 31.3. The maximum atomic E-state index is 11.8. The van der Waals surface area contributed by atoms with Gasteiger partial charge < -0.3 is 15.4 Å². The molecule has 0 fully saturated rings. The largest absolute Gasteiger partial charge is 0.492 e. The number of sulfonamides is 1. The number of carbonyl (C=O) groups excluding carboxylic acids is 1. The van der Waals surface area contributed by atoms with Crippen LogP contribution in [0.3, 0.4) is 0 Å². The van der Waals surface area contributed by atoms with E-state index in [1.54, 1.807) is 36.4 Å². The summed E-state index contributed by atoms with van der Waals surface area (Å²) >= 11 is 5.79. The molecule has 0 unspecified atom stereocenters. The van der Waals surface area contributed by atoms with Crippen molar-refractivity contribution in [1.29, 1.82) is 0 Å². The summed E-state index contributed by atoms with van der Waals surface area (Å²) in [5, 5.41) is 5.95. The smallest absolute Gasteiger partial charge is 0.315 e. The van der Waals surface area contributed by atoms with Crippen molar-refractivity contribution in [3.8, 4) is 5.75 Å². The molecular formula is C17H20ClN3O4S. The number of amides is 2. The van der Waals surface area contributed by atoms with Crippen LogP contribution in [0, 0.1) is 0 Å². The summed E-state index contributed by atoms with van der Waals surface area (Å²) in [6.07, 6.45) is 0. The van der Waals surface area contributed by atoms with Gasteiger partial charge in [0.2, 0.25) is 10.0 Å². The second-order valence-corrected chi connectivity index (χ2v) is 7.59. The molecule has 0 aliphatic heterocycles. The highest BCUT2D eigenvalue weighted by Gasteiger charge is 2.11. The van der Waals surface area contributed by atoms with Crippen LogP contribution in [0.1, 0.15) is 5.56 Å². The number of urea groups is 1. The Balaban J connectivity index is 1.73. The fourth-order valence-corrected chi connectivity index (χ4v) is 2.98. The molecule has 0 spiro atoms. The molecule has 26 heavy (non-hydrogen) atoms. The molecule has 0 aliphatic carbocycles. The van der Waals surface area contributed by atoms with Crippen molar-refractivity contribution in [2.75, 3.05) is 20.2 Å². The van der Waals surface area contributed by atoms with E-state index in [1.807, 2.05) is 0 Å². The minimum Gasteiger partial charge on any atom is -0.492 e. The van der Waals surface area contributed by atoms with Gasteiger partial charge in [0.05, 0.1) is 11.4 Å². The molecule has 140 valence electrons. The molecule has 0 radical (unpaired) electrons. The van der Waals surface area contributed by atoms with Gasteiger partial charge in [-0.15, -0.1) is 0 Å². The summed E-state index contributed by atoms with van der Waals surface area (Å²) in [5.41, 5.74) is 0.675. The van der Waals surface area contributed by atoms with Gasteiger partial charge >= 0.3 is 6.03 Å². The van der Waals surface area contributed by atoms with Crippen molar-refractivity contribution >= 4 is 27.7 Å². The Morgan fingerprint density at radius 3 is 2.54 bits per heavy atom. The molecule has 3 N–H and O–H groups in total. The minimum atomic E-state index is -3.51. The van der Waals surface area contributed by atoms with Gasteiger partial charge in [0.1, 0.15) is 12.4 Å². The van der Waals surface area contributed by atoms with Crippen LogP contribution in [-0.2, 0) is 16.6 Å². The molecule has 9 heteroatoms. The van der Waals surface area contributed by atoms with E-state index in [2.05, 4.69) is 15.4 Å². The molecule has 0 atom stereocenters. The number of benzene rings is 2. The molecule has 0 aliphatic rings. The monoisotopic (exact) mass is 397 g/mol. The Labute approximate surface area is 157 Å². The Morgan fingerprint density at radius 1 is 1.12 bits per heavy atom. The van der Waals surface area contributed by atoms with Crippen LogP contribution >= 0.6 is 11.6 Å². The molecule has 0 saturated heterocycles. The van der Waals surface area contributed by atoms with Gasteiger partial charge in [-0.3, -0.25) is 0 Å². The third-order valence-corrected chi connectivity index (χ3v) is 5.06. The average Bonchev–Trinajstić information content (AvgIpc) is 2.65. The van der Waals surface area contributed by atoms with Gasteiger partial charge in [-0.05, 0) is 49.0 Å². The molecule has 7 nitrogen and oxygen atoms in total. The number of carbonyl (C=O) groups is 1. The summed E-state index contributed by atoms with van der Waals surface area (Å²) in [6, 6.07) is 12.9. The highest BCUT2D eigenvalue weighted by Crippen LogP contribution is 2.15. The molecule has 2 aromatic carbocycles. The second kappa shape index (κ2) is 9.42. The standard InChI is InChI=1S/C17H20ClN3O4S/c1-19-26(23,24)16-4-2-3-13(11-16)12-21-17(22)20-9-10-25-15-7-5-14(18)6-8-15/h2-8,11,19H,9-10,12H2,1H3,(H2,20,21,22). The second-order valence-electron chi connectivity index (χ2n) is 5.27. The molecule has 2 rings (SSSR count). The zero-order valence-corrected chi connectivity index (χ0v) is 15.7. The average molecular weight is 398 g/mol. The first-order chi connectivity index (χ1) is 12.4. The Kier molecular flexibility index (Phi) is 7.26. The number of halogens is 1. The highest BCUT2D eigenvalue weighted by atomic mass is 35.5. The van der Waals surface area contributed by atoms with E-state index >= 15 is 0 Å². The number of ether oxygens (including phenoxy) is 1. The van der Waals surface area contributed by atoms with Crippen LogP contribution in [0.25, 0.3) is 0 Å². The third-order valence-electron chi connectivity index (χ3n) is 3.40. The topological polar surface area (TPSA) is 96.5 Å². The van der Waals surface area contributed by atoms with E-state index in [4.69, 9.17) is 16.3 Å². The maximum Gasteiger partial charge on any atom is 0.315 e. The number of nitrogens with one attached hydrogen (secondary N) is 3. The molecule has 0 bridgehead atoms. The van der Waals surface area contributed by atoms with E-state index in [1.165, 1.54) is 19.2 Å². The van der Waals surface area contributed by atoms with Gasteiger partial charge in [-0.2, -0.15) is 0 Å². The van der Waals surface area contributed by atoms with Crippen LogP contribution in [0.2, 0.25) is 5.02 Å². The Hall–Kier alpha value is -2.29. The van der Waals surface area contributed by atoms with Gasteiger partial charge in [0.15, 0.2) is 0 Å². The van der Waals surface area contributed by atoms with E-state index < -0.39 is 10.0 Å². The zero-order valence-electron chi connectivity index (χ0n) is 14.2. The van der Waals surface area contributed by atoms with Crippen molar-refractivity contribution in [1.82, 2.24) is 15.4 Å². The molecule has 0 aromatic heterocycles. The number of hydrogen-bond acceptors (Lipinski definition) is 4. The highest BCUT2D eigenvalue weighted by molar-refractivity contribution is 7.89. The van der Waals surface area contributed by atoms with E-state index in [0.29, 0.717) is 29.5 Å². The molecule has 2 aromatic rings. The lowest BCUT2D eigenvalue weighted by molar-refractivity contribution is 0.236. The lowest BCUT2D eigenvalue weighted by atomic mass is 10.2. The predicted octanol–water partition coefficient (Wildman–Crippen LogP) is 2.13. The van der Waals surface area contributed by atoms with Crippen molar-refractivity contribution in [2.24, 2.45) is 0 Å². The van der Waals surface area contributed by atoms with Crippen LogP contribution < -0.4 is 20.1 Å². The summed E-state index contributed by atoms with van der Waals surface area (Å²) in [5.74, 6) is 0.666. The van der Waals surface area contributed by atoms with Gasteiger partial charge in [-0.1, -0.05) is 23.7 Å². The van der Waals surface area contributed by atoms with E-state index in [9.17, 15) is 13.2 Å². The van der Waals surface area contributed by atoms with Crippen LogP contribution in [0.5, 0.6) is 5.75 Å². The van der Waals surface area contributed by atoms with Gasteiger partial charge in [0, 0.05) is 11.6 Å². The third kappa shape index (κ3) is 6.21. The van der Waals surface area contributed by atoms with Crippen molar-refractivity contribution in [3.63, 3.8) is 0 Å². The fourth-order valence-electron chi connectivity index (χ4n) is 2.05. The Bertz CT molecular complexity index is 841. The van der Waals surface area contributed by atoms with Crippen LogP contribution in [0.4, 0.5) is 4.79 Å². The first kappa shape index (κ1) is 20.0. The zero-order chi connectivity index (χ0) is 19.0. The minimum absolute atomic E-state index is 0.149. The fraction of sp³-hybridized carbons (Fsp3) is 0.235. The van der Waals surface area contributed by atoms with Crippen LogP contribution in [-0.4, -0.2) is 34.6 Å². The molecular weight excluding hydrogens is 378 g/mol. The van der Waals surface area contributed by atoms with Crippen LogP contribution in [0.15, 0.2) is 53.4 Å². The van der Waals surface area contributed by atoms with Crippen molar-refractivity contribution in [3.05, 3.63) is 59.1 Å². The summed E-state index contributed by atoms with van der Waals surface area (Å²) in [4.78, 5) is 11.9. The normalized spacial score (nSPS) is 11.0. The SMILES string of the molecule is CNS(=O)(=O)c1cccc(CNC(=O)NCCOc2ccc(Cl)cc2)c1. The molecule has 0 heterocycles. The van der Waals surface area contributed by atoms with Gasteiger partial charge in [-0.25, -0.2) is 17.9 Å². The maximum absolute atomic E-state index is 11.8. The first-order valence-electron chi connectivity index (χ1n) is 7.83. The van der Waals surface area contributed by atoms with Crippen molar-refractivity contribution < 1.29 is 17.9 Å². The van der Waals surface area contributed by atoms with E-state index in [-0.39, 0.29) is 17.5 Å². The van der Waals surface area contributed by atoms with Crippen molar-refractivity contribution in [2.45, 2.75) is 11.4 Å². The predicted molar refractivity (Wildman–Crippen MR) is 99.9 cm³/mol. The first-order valence-corrected chi connectivity index (χ1v) is 9.69. The van der Waals surface area contributed by atoms with Gasteiger partial charge in [0.25, 0.3) is 0 Å². The number of hydrogen-bond donors (Lipinski definition) is 3. The van der Waals surface area contributed by atoms with E-state index in [0.717, 1.165) is 0 Å². The Morgan fingerprint density at radius 2 is 1.85 bits per heavy atom. The summed E-state index contributed by atoms with van der Waals surface area (Å²) in [6.45, 7) is 0.838. The quantitative estimate of drug-likeness (QED) is 0.594. The molecule has 2 amide bonds.